The maximum Gasteiger partial charge on any atom is 0.318 e. The zero-order valence-electron chi connectivity index (χ0n) is 14.7. The van der Waals surface area contributed by atoms with Gasteiger partial charge in [0.05, 0.1) is 13.1 Å². The molecule has 2 aromatic carbocycles. The van der Waals surface area contributed by atoms with Gasteiger partial charge in [0.2, 0.25) is 5.91 Å². The fourth-order valence-electron chi connectivity index (χ4n) is 3.72. The zero-order valence-corrected chi connectivity index (χ0v) is 14.7. The second-order valence-corrected chi connectivity index (χ2v) is 6.74. The fraction of sp³-hybridized carbons (Fsp3) is 0.300. The molecule has 2 heterocycles. The molecule has 5 nitrogen and oxygen atoms in total. The average Bonchev–Trinajstić information content (AvgIpc) is 3.13. The number of urea groups is 1. The van der Waals surface area contributed by atoms with Gasteiger partial charge in [0.1, 0.15) is 11.6 Å². The number of halogens is 2. The molecular formula is C20H19F2N3O2. The largest absolute Gasteiger partial charge is 0.329 e. The number of benzene rings is 2. The van der Waals surface area contributed by atoms with Crippen LogP contribution in [0.3, 0.4) is 0 Å². The first-order valence-corrected chi connectivity index (χ1v) is 8.91. The lowest BCUT2D eigenvalue weighted by molar-refractivity contribution is -0.117. The van der Waals surface area contributed by atoms with Crippen LogP contribution in [-0.4, -0.2) is 36.5 Å². The van der Waals surface area contributed by atoms with Crippen LogP contribution in [0, 0.1) is 11.6 Å². The van der Waals surface area contributed by atoms with Crippen LogP contribution in [0.15, 0.2) is 36.4 Å². The van der Waals surface area contributed by atoms with Crippen LogP contribution < -0.4 is 10.2 Å². The highest BCUT2D eigenvalue weighted by molar-refractivity contribution is 5.98. The van der Waals surface area contributed by atoms with Crippen LogP contribution in [0.1, 0.15) is 16.7 Å². The van der Waals surface area contributed by atoms with Gasteiger partial charge >= 0.3 is 6.03 Å². The van der Waals surface area contributed by atoms with E-state index in [1.807, 2.05) is 24.3 Å². The SMILES string of the molecule is O=C(NCC(=O)N1CCc2ccccc21)N1CCc2c(F)ccc(F)c2C1. The van der Waals surface area contributed by atoms with Crippen molar-refractivity contribution in [2.45, 2.75) is 19.4 Å². The van der Waals surface area contributed by atoms with Gasteiger partial charge in [-0.05, 0) is 42.2 Å². The lowest BCUT2D eigenvalue weighted by atomic mass is 9.99. The topological polar surface area (TPSA) is 52.7 Å². The van der Waals surface area contributed by atoms with Gasteiger partial charge in [-0.15, -0.1) is 0 Å². The number of fused-ring (bicyclic) bond motifs is 2. The summed E-state index contributed by atoms with van der Waals surface area (Å²) < 4.78 is 27.8. The van der Waals surface area contributed by atoms with Crippen LogP contribution in [-0.2, 0) is 24.2 Å². The van der Waals surface area contributed by atoms with Crippen molar-refractivity contribution < 1.29 is 18.4 Å². The van der Waals surface area contributed by atoms with Crippen LogP contribution in [0.4, 0.5) is 19.3 Å². The number of anilines is 1. The Kier molecular flexibility index (Phi) is 4.51. The summed E-state index contributed by atoms with van der Waals surface area (Å²) in [5.74, 6) is -1.16. The van der Waals surface area contributed by atoms with E-state index < -0.39 is 17.7 Å². The molecule has 3 amide bonds. The molecule has 0 bridgehead atoms. The molecule has 0 unspecified atom stereocenters. The number of carbonyl (C=O) groups excluding carboxylic acids is 2. The Bertz CT molecular complexity index is 916. The summed E-state index contributed by atoms with van der Waals surface area (Å²) >= 11 is 0. The third kappa shape index (κ3) is 3.25. The van der Waals surface area contributed by atoms with Gasteiger partial charge in [0.15, 0.2) is 0 Å². The van der Waals surface area contributed by atoms with Gasteiger partial charge in [-0.25, -0.2) is 13.6 Å². The smallest absolute Gasteiger partial charge is 0.318 e. The molecule has 140 valence electrons. The van der Waals surface area contributed by atoms with Crippen molar-refractivity contribution in [3.8, 4) is 0 Å². The van der Waals surface area contributed by atoms with Gasteiger partial charge in [-0.2, -0.15) is 0 Å². The van der Waals surface area contributed by atoms with E-state index in [0.717, 1.165) is 29.8 Å². The Balaban J connectivity index is 1.38. The number of hydrogen-bond acceptors (Lipinski definition) is 2. The lowest BCUT2D eigenvalue weighted by Crippen LogP contribution is -2.47. The third-order valence-electron chi connectivity index (χ3n) is 5.16. The summed E-state index contributed by atoms with van der Waals surface area (Å²) in [6.07, 6.45) is 1.05. The zero-order chi connectivity index (χ0) is 19.0. The molecule has 0 saturated heterocycles. The Morgan fingerprint density at radius 2 is 1.70 bits per heavy atom. The Hall–Kier alpha value is -2.96. The van der Waals surface area contributed by atoms with E-state index in [1.54, 1.807) is 4.90 Å². The summed E-state index contributed by atoms with van der Waals surface area (Å²) in [5.41, 5.74) is 2.52. The highest BCUT2D eigenvalue weighted by Gasteiger charge is 2.27. The number of rotatable bonds is 2. The van der Waals surface area contributed by atoms with Gasteiger partial charge in [-0.1, -0.05) is 18.2 Å². The highest BCUT2D eigenvalue weighted by Crippen LogP contribution is 2.27. The van der Waals surface area contributed by atoms with Crippen LogP contribution in [0.5, 0.6) is 0 Å². The second kappa shape index (κ2) is 6.98. The van der Waals surface area contributed by atoms with Gasteiger partial charge in [0.25, 0.3) is 0 Å². The quantitative estimate of drug-likeness (QED) is 0.882. The number of amides is 3. The minimum absolute atomic E-state index is 0.00843. The van der Waals surface area contributed by atoms with Crippen molar-refractivity contribution in [1.29, 1.82) is 0 Å². The van der Waals surface area contributed by atoms with Crippen molar-refractivity contribution in [3.05, 3.63) is 64.7 Å². The van der Waals surface area contributed by atoms with Gasteiger partial charge in [0, 0.05) is 24.3 Å². The van der Waals surface area contributed by atoms with Crippen molar-refractivity contribution >= 4 is 17.6 Å². The minimum Gasteiger partial charge on any atom is -0.329 e. The van der Waals surface area contributed by atoms with E-state index in [4.69, 9.17) is 0 Å². The second-order valence-electron chi connectivity index (χ2n) is 6.74. The normalized spacial score (nSPS) is 15.3. The Morgan fingerprint density at radius 3 is 2.52 bits per heavy atom. The van der Waals surface area contributed by atoms with Crippen LogP contribution in [0.2, 0.25) is 0 Å². The van der Waals surface area contributed by atoms with Crippen molar-refractivity contribution in [2.24, 2.45) is 0 Å². The first-order chi connectivity index (χ1) is 13.0. The number of para-hydroxylation sites is 1. The standard InChI is InChI=1S/C20H19F2N3O2/c21-16-5-6-17(22)15-12-24(9-8-14(15)16)20(27)23-11-19(26)25-10-7-13-3-1-2-4-18(13)25/h1-6H,7-12H2,(H,23,27). The van der Waals surface area contributed by atoms with Crippen molar-refractivity contribution in [2.75, 3.05) is 24.5 Å². The van der Waals surface area contributed by atoms with E-state index in [0.29, 0.717) is 12.1 Å². The first-order valence-electron chi connectivity index (χ1n) is 8.91. The molecule has 1 N–H and O–H groups in total. The predicted molar refractivity (Wildman–Crippen MR) is 96.4 cm³/mol. The summed E-state index contributed by atoms with van der Waals surface area (Å²) in [6, 6.07) is 9.42. The molecule has 0 radical (unpaired) electrons. The lowest BCUT2D eigenvalue weighted by Gasteiger charge is -2.29. The van der Waals surface area contributed by atoms with Gasteiger partial charge < -0.3 is 15.1 Å². The van der Waals surface area contributed by atoms with Crippen molar-refractivity contribution in [1.82, 2.24) is 10.2 Å². The number of carbonyl (C=O) groups is 2. The third-order valence-corrected chi connectivity index (χ3v) is 5.16. The molecule has 0 atom stereocenters. The number of nitrogens with one attached hydrogen (secondary N) is 1. The summed E-state index contributed by atoms with van der Waals surface area (Å²) in [7, 11) is 0. The maximum absolute atomic E-state index is 14.0. The van der Waals surface area contributed by atoms with E-state index in [2.05, 4.69) is 5.32 Å². The maximum atomic E-state index is 14.0. The number of nitrogens with zero attached hydrogens (tertiary/aromatic N) is 2. The average molecular weight is 371 g/mol. The minimum atomic E-state index is -0.520. The monoisotopic (exact) mass is 371 g/mol. The highest BCUT2D eigenvalue weighted by atomic mass is 19.1. The molecule has 0 aliphatic carbocycles. The molecule has 7 heteroatoms. The van der Waals surface area contributed by atoms with Gasteiger partial charge in [-0.3, -0.25) is 4.79 Å². The molecule has 0 fully saturated rings. The van der Waals surface area contributed by atoms with E-state index in [9.17, 15) is 18.4 Å². The number of hydrogen-bond donors (Lipinski definition) is 1. The first kappa shape index (κ1) is 17.5. The molecule has 0 spiro atoms. The molecule has 0 saturated carbocycles. The molecule has 4 rings (SSSR count). The van der Waals surface area contributed by atoms with E-state index in [1.165, 1.54) is 4.90 Å². The molecular weight excluding hydrogens is 352 g/mol. The summed E-state index contributed by atoms with van der Waals surface area (Å²) in [4.78, 5) is 27.9. The summed E-state index contributed by atoms with van der Waals surface area (Å²) in [5, 5.41) is 2.60. The Labute approximate surface area is 155 Å². The molecule has 2 aliphatic heterocycles. The van der Waals surface area contributed by atoms with Crippen LogP contribution >= 0.6 is 0 Å². The van der Waals surface area contributed by atoms with Crippen LogP contribution in [0.25, 0.3) is 0 Å². The van der Waals surface area contributed by atoms with E-state index in [-0.39, 0.29) is 37.5 Å². The molecule has 2 aliphatic rings. The van der Waals surface area contributed by atoms with Crippen molar-refractivity contribution in [3.63, 3.8) is 0 Å². The fourth-order valence-corrected chi connectivity index (χ4v) is 3.72. The molecule has 2 aromatic rings. The predicted octanol–water partition coefficient (Wildman–Crippen LogP) is 2.62. The molecule has 27 heavy (non-hydrogen) atoms. The summed E-state index contributed by atoms with van der Waals surface area (Å²) in [6.45, 7) is 0.725. The molecule has 0 aromatic heterocycles. The Morgan fingerprint density at radius 1 is 0.963 bits per heavy atom. The van der Waals surface area contributed by atoms with E-state index >= 15 is 0 Å².